The van der Waals surface area contributed by atoms with Crippen LogP contribution < -0.4 is 5.32 Å². The van der Waals surface area contributed by atoms with Crippen LogP contribution in [0.25, 0.3) is 0 Å². The van der Waals surface area contributed by atoms with Crippen LogP contribution in [-0.4, -0.2) is 30.7 Å². The Bertz CT molecular complexity index is 927. The van der Waals surface area contributed by atoms with Gasteiger partial charge in [-0.1, -0.05) is 25.0 Å². The van der Waals surface area contributed by atoms with Gasteiger partial charge >= 0.3 is 5.97 Å². The number of amides is 1. The van der Waals surface area contributed by atoms with E-state index in [1.807, 2.05) is 0 Å². The molecule has 1 aliphatic rings. The minimum Gasteiger partial charge on any atom is -0.478 e. The van der Waals surface area contributed by atoms with Crippen molar-refractivity contribution in [3.8, 4) is 0 Å². The number of rotatable bonds is 6. The van der Waals surface area contributed by atoms with E-state index in [0.29, 0.717) is 18.4 Å². The molecule has 2 aromatic carbocycles. The van der Waals surface area contributed by atoms with Crippen LogP contribution in [-0.2, 0) is 16.4 Å². The van der Waals surface area contributed by atoms with E-state index < -0.39 is 15.8 Å². The van der Waals surface area contributed by atoms with Crippen LogP contribution in [0.3, 0.4) is 0 Å². The smallest absolute Gasteiger partial charge is 0.335 e. The third-order valence-electron chi connectivity index (χ3n) is 4.84. The Kier molecular flexibility index (Phi) is 5.60. The van der Waals surface area contributed by atoms with Crippen LogP contribution in [0.1, 0.15) is 52.0 Å². The number of carbonyl (C=O) groups excluding carboxylic acids is 1. The second kappa shape index (κ2) is 7.92. The molecule has 0 bridgehead atoms. The number of hydrogen-bond donors (Lipinski definition) is 2. The summed E-state index contributed by atoms with van der Waals surface area (Å²) >= 11 is 0. The van der Waals surface area contributed by atoms with Gasteiger partial charge in [0.1, 0.15) is 0 Å². The van der Waals surface area contributed by atoms with Crippen molar-refractivity contribution >= 4 is 21.7 Å². The molecule has 142 valence electrons. The maximum atomic E-state index is 12.6. The molecule has 0 radical (unpaired) electrons. The molecule has 7 heteroatoms. The van der Waals surface area contributed by atoms with Crippen LogP contribution >= 0.6 is 0 Å². The highest BCUT2D eigenvalue weighted by atomic mass is 32.2. The number of nitrogens with one attached hydrogen (secondary N) is 1. The van der Waals surface area contributed by atoms with Crippen molar-refractivity contribution in [1.82, 2.24) is 5.32 Å². The Labute approximate surface area is 158 Å². The third-order valence-corrected chi connectivity index (χ3v) is 7.12. The van der Waals surface area contributed by atoms with E-state index in [2.05, 4.69) is 5.32 Å². The zero-order valence-electron chi connectivity index (χ0n) is 14.7. The molecule has 2 N–H and O–H groups in total. The summed E-state index contributed by atoms with van der Waals surface area (Å²) in [4.78, 5) is 23.3. The van der Waals surface area contributed by atoms with Gasteiger partial charge < -0.3 is 10.4 Å². The lowest BCUT2D eigenvalue weighted by Gasteiger charge is -2.11. The highest BCUT2D eigenvalue weighted by Crippen LogP contribution is 2.29. The van der Waals surface area contributed by atoms with Crippen molar-refractivity contribution in [2.75, 3.05) is 0 Å². The average Bonchev–Trinajstić information content (AvgIpc) is 3.22. The molecule has 0 aromatic heterocycles. The zero-order chi connectivity index (χ0) is 19.4. The molecule has 3 rings (SSSR count). The lowest BCUT2D eigenvalue weighted by atomic mass is 10.1. The summed E-state index contributed by atoms with van der Waals surface area (Å²) in [5, 5.41) is 11.3. The fourth-order valence-electron chi connectivity index (χ4n) is 3.24. The Morgan fingerprint density at radius 1 is 0.926 bits per heavy atom. The largest absolute Gasteiger partial charge is 0.478 e. The first kappa shape index (κ1) is 19.1. The predicted octanol–water partition coefficient (Wildman–Crippen LogP) is 3.03. The Morgan fingerprint density at radius 3 is 2.04 bits per heavy atom. The number of carbonyl (C=O) groups is 2. The number of sulfone groups is 1. The minimum absolute atomic E-state index is 0.184. The third kappa shape index (κ3) is 4.36. The quantitative estimate of drug-likeness (QED) is 0.793. The molecule has 0 aliphatic heterocycles. The molecule has 1 saturated carbocycles. The van der Waals surface area contributed by atoms with Crippen LogP contribution in [0.4, 0.5) is 0 Å². The number of carboxylic acid groups (broad SMARTS) is 1. The standard InChI is InChI=1S/C20H21NO5S/c22-19(21-13-14-5-7-16(8-6-14)20(23)24)15-9-11-18(12-10-15)27(25,26)17-3-1-2-4-17/h5-12,17H,1-4,13H2,(H,21,22)(H,23,24). The van der Waals surface area contributed by atoms with E-state index in [4.69, 9.17) is 5.11 Å². The van der Waals surface area contributed by atoms with Crippen LogP contribution in [0.2, 0.25) is 0 Å². The highest BCUT2D eigenvalue weighted by molar-refractivity contribution is 7.92. The molecule has 2 aromatic rings. The van der Waals surface area contributed by atoms with E-state index in [0.717, 1.165) is 18.4 Å². The summed E-state index contributed by atoms with van der Waals surface area (Å²) in [5.41, 5.74) is 1.33. The van der Waals surface area contributed by atoms with Gasteiger partial charge in [0.15, 0.2) is 9.84 Å². The first-order chi connectivity index (χ1) is 12.9. The van der Waals surface area contributed by atoms with Gasteiger partial charge in [-0.3, -0.25) is 4.79 Å². The fraction of sp³-hybridized carbons (Fsp3) is 0.300. The maximum absolute atomic E-state index is 12.6. The van der Waals surface area contributed by atoms with Gasteiger partial charge in [-0.15, -0.1) is 0 Å². The molecule has 0 atom stereocenters. The average molecular weight is 387 g/mol. The van der Waals surface area contributed by atoms with Crippen molar-refractivity contribution in [2.45, 2.75) is 42.4 Å². The van der Waals surface area contributed by atoms with Crippen molar-refractivity contribution in [2.24, 2.45) is 0 Å². The molecule has 1 fully saturated rings. The second-order valence-electron chi connectivity index (χ2n) is 6.66. The van der Waals surface area contributed by atoms with Crippen molar-refractivity contribution in [1.29, 1.82) is 0 Å². The van der Waals surface area contributed by atoms with E-state index >= 15 is 0 Å². The van der Waals surface area contributed by atoms with Gasteiger partial charge in [0, 0.05) is 12.1 Å². The van der Waals surface area contributed by atoms with E-state index in [-0.39, 0.29) is 28.2 Å². The van der Waals surface area contributed by atoms with E-state index in [9.17, 15) is 18.0 Å². The van der Waals surface area contributed by atoms with Crippen molar-refractivity contribution in [3.63, 3.8) is 0 Å². The van der Waals surface area contributed by atoms with Gasteiger partial charge in [-0.25, -0.2) is 13.2 Å². The number of hydrogen-bond acceptors (Lipinski definition) is 4. The molecule has 1 amide bonds. The van der Waals surface area contributed by atoms with Gasteiger partial charge in [0.2, 0.25) is 0 Å². The summed E-state index contributed by atoms with van der Waals surface area (Å²) in [5.74, 6) is -1.32. The van der Waals surface area contributed by atoms with Gasteiger partial charge in [0.05, 0.1) is 15.7 Å². The van der Waals surface area contributed by atoms with Crippen LogP contribution in [0.5, 0.6) is 0 Å². The van der Waals surface area contributed by atoms with E-state index in [1.54, 1.807) is 12.1 Å². The first-order valence-electron chi connectivity index (χ1n) is 8.82. The lowest BCUT2D eigenvalue weighted by molar-refractivity contribution is 0.0696. The Morgan fingerprint density at radius 2 is 1.48 bits per heavy atom. The summed E-state index contributed by atoms with van der Waals surface area (Å²) in [7, 11) is -3.33. The maximum Gasteiger partial charge on any atom is 0.335 e. The highest BCUT2D eigenvalue weighted by Gasteiger charge is 2.30. The summed E-state index contributed by atoms with van der Waals surface area (Å²) in [6, 6.07) is 12.3. The van der Waals surface area contributed by atoms with E-state index in [1.165, 1.54) is 36.4 Å². The molecule has 0 unspecified atom stereocenters. The van der Waals surface area contributed by atoms with Gasteiger partial charge in [0.25, 0.3) is 5.91 Å². The molecular weight excluding hydrogens is 366 g/mol. The monoisotopic (exact) mass is 387 g/mol. The SMILES string of the molecule is O=C(O)c1ccc(CNC(=O)c2ccc(S(=O)(=O)C3CCCC3)cc2)cc1. The minimum atomic E-state index is -3.33. The van der Waals surface area contributed by atoms with Gasteiger partial charge in [-0.2, -0.15) is 0 Å². The topological polar surface area (TPSA) is 101 Å². The molecule has 6 nitrogen and oxygen atoms in total. The number of carboxylic acids is 1. The zero-order valence-corrected chi connectivity index (χ0v) is 15.5. The normalized spacial score (nSPS) is 14.8. The van der Waals surface area contributed by atoms with Gasteiger partial charge in [-0.05, 0) is 54.8 Å². The predicted molar refractivity (Wildman–Crippen MR) is 100 cm³/mol. The Hall–Kier alpha value is -2.67. The fourth-order valence-corrected chi connectivity index (χ4v) is 5.09. The Balaban J connectivity index is 1.62. The second-order valence-corrected chi connectivity index (χ2v) is 8.89. The summed E-state index contributed by atoms with van der Waals surface area (Å²) in [6.07, 6.45) is 3.28. The van der Waals surface area contributed by atoms with Crippen molar-refractivity contribution < 1.29 is 23.1 Å². The first-order valence-corrected chi connectivity index (χ1v) is 10.4. The molecular formula is C20H21NO5S. The molecule has 0 heterocycles. The summed E-state index contributed by atoms with van der Waals surface area (Å²) < 4.78 is 25.1. The van der Waals surface area contributed by atoms with Crippen molar-refractivity contribution in [3.05, 3.63) is 65.2 Å². The molecule has 0 saturated heterocycles. The molecule has 27 heavy (non-hydrogen) atoms. The number of benzene rings is 2. The number of aromatic carboxylic acids is 1. The van der Waals surface area contributed by atoms with Crippen LogP contribution in [0.15, 0.2) is 53.4 Å². The summed E-state index contributed by atoms with van der Waals surface area (Å²) in [6.45, 7) is 0.251. The van der Waals surface area contributed by atoms with Crippen LogP contribution in [0, 0.1) is 0 Å². The molecule has 0 spiro atoms. The lowest BCUT2D eigenvalue weighted by Crippen LogP contribution is -2.23. The molecule has 1 aliphatic carbocycles.